The maximum absolute atomic E-state index is 12.2. The first-order valence-corrected chi connectivity index (χ1v) is 11.4. The molecule has 3 rings (SSSR count). The third-order valence-corrected chi connectivity index (χ3v) is 5.17. The van der Waals surface area contributed by atoms with Crippen molar-refractivity contribution >= 4 is 28.6 Å². The number of pyridine rings is 2. The van der Waals surface area contributed by atoms with Gasteiger partial charge in [-0.1, -0.05) is 0 Å². The minimum absolute atomic E-state index is 0.213. The summed E-state index contributed by atoms with van der Waals surface area (Å²) in [7, 11) is 0. The van der Waals surface area contributed by atoms with Crippen LogP contribution in [0.15, 0.2) is 36.8 Å². The molecule has 184 valence electrons. The Bertz CT molecular complexity index is 1260. The molecule has 0 fully saturated rings. The number of amides is 1. The van der Waals surface area contributed by atoms with Gasteiger partial charge in [-0.05, 0) is 39.8 Å². The molecule has 0 bridgehead atoms. The van der Waals surface area contributed by atoms with Crippen LogP contribution in [0.5, 0.6) is 0 Å². The largest absolute Gasteiger partial charge is 0.450 e. The number of anilines is 1. The van der Waals surface area contributed by atoms with Crippen LogP contribution in [0.1, 0.15) is 45.7 Å². The number of nitrogens with zero attached hydrogens (tertiary/aromatic N) is 4. The van der Waals surface area contributed by atoms with Gasteiger partial charge in [-0.15, -0.1) is 0 Å². The Morgan fingerprint density at radius 2 is 1.97 bits per heavy atom. The van der Waals surface area contributed by atoms with Gasteiger partial charge in [0.15, 0.2) is 5.60 Å². The van der Waals surface area contributed by atoms with Gasteiger partial charge in [0.25, 0.3) is 5.91 Å². The summed E-state index contributed by atoms with van der Waals surface area (Å²) in [6, 6.07) is 8.00. The molecule has 0 radical (unpaired) electrons. The van der Waals surface area contributed by atoms with E-state index in [9.17, 15) is 9.59 Å². The number of aromatic nitrogens is 3. The summed E-state index contributed by atoms with van der Waals surface area (Å²) in [4.78, 5) is 32.4. The van der Waals surface area contributed by atoms with Crippen molar-refractivity contribution in [3.05, 3.63) is 47.9 Å². The van der Waals surface area contributed by atoms with Crippen molar-refractivity contribution in [3.8, 4) is 11.9 Å². The minimum Gasteiger partial charge on any atom is -0.450 e. The highest BCUT2D eigenvalue weighted by Gasteiger charge is 2.30. The molecule has 10 nitrogen and oxygen atoms in total. The van der Waals surface area contributed by atoms with Crippen molar-refractivity contribution in [2.24, 2.45) is 0 Å². The van der Waals surface area contributed by atoms with Crippen LogP contribution in [0.2, 0.25) is 0 Å². The summed E-state index contributed by atoms with van der Waals surface area (Å²) >= 11 is 0. The predicted molar refractivity (Wildman–Crippen MR) is 133 cm³/mol. The minimum atomic E-state index is -1.21. The molecule has 3 aromatic heterocycles. The second kappa shape index (κ2) is 11.0. The number of hydrogen-bond acceptors (Lipinski definition) is 8. The standard InChI is InChI=1S/C25H31N7O3/c1-16(2)31-21-11-22(32-9-6-19-10-18(12-26)13-30-23(19)32)29-15-20(21)14-27-7-8-28-24(34)25(4,5)35-17(3)33/h6,9-11,13,15-16,27H,7-8,14H2,1-5H3,(H,28,34)(H,29,31). The summed E-state index contributed by atoms with van der Waals surface area (Å²) in [6.45, 7) is 9.97. The first-order chi connectivity index (χ1) is 16.6. The number of rotatable bonds is 10. The highest BCUT2D eigenvalue weighted by molar-refractivity contribution is 5.86. The Kier molecular flexibility index (Phi) is 8.04. The molecule has 0 saturated heterocycles. The first kappa shape index (κ1) is 25.6. The van der Waals surface area contributed by atoms with E-state index in [1.807, 2.05) is 29.1 Å². The van der Waals surface area contributed by atoms with Gasteiger partial charge in [-0.2, -0.15) is 5.26 Å². The number of ether oxygens (including phenoxy) is 1. The number of nitrogens with one attached hydrogen (secondary N) is 3. The van der Waals surface area contributed by atoms with E-state index >= 15 is 0 Å². The lowest BCUT2D eigenvalue weighted by Crippen LogP contribution is -2.46. The Labute approximate surface area is 204 Å². The van der Waals surface area contributed by atoms with Crippen LogP contribution in [-0.4, -0.2) is 51.1 Å². The summed E-state index contributed by atoms with van der Waals surface area (Å²) in [5.41, 5.74) is 1.94. The third-order valence-electron chi connectivity index (χ3n) is 5.17. The fourth-order valence-corrected chi connectivity index (χ4v) is 3.57. The normalized spacial score (nSPS) is 11.3. The Morgan fingerprint density at radius 3 is 2.66 bits per heavy atom. The molecule has 10 heteroatoms. The number of hydrogen-bond donors (Lipinski definition) is 3. The SMILES string of the molecule is CC(=O)OC(C)(C)C(=O)NCCNCc1cnc(-n2ccc3cc(C#N)cnc32)cc1NC(C)C. The van der Waals surface area contributed by atoms with Crippen LogP contribution in [0.3, 0.4) is 0 Å². The Balaban J connectivity index is 1.67. The van der Waals surface area contributed by atoms with Crippen LogP contribution in [0.4, 0.5) is 5.69 Å². The van der Waals surface area contributed by atoms with Crippen LogP contribution >= 0.6 is 0 Å². The van der Waals surface area contributed by atoms with E-state index in [4.69, 9.17) is 10.00 Å². The van der Waals surface area contributed by atoms with Crippen LogP contribution in [0.25, 0.3) is 16.9 Å². The predicted octanol–water partition coefficient (Wildman–Crippen LogP) is 2.66. The molecule has 0 aliphatic rings. The van der Waals surface area contributed by atoms with Gasteiger partial charge in [0.2, 0.25) is 0 Å². The quantitative estimate of drug-likeness (QED) is 0.300. The molecule has 0 saturated carbocycles. The molecular formula is C25H31N7O3. The summed E-state index contributed by atoms with van der Waals surface area (Å²) in [5.74, 6) is -0.138. The summed E-state index contributed by atoms with van der Waals surface area (Å²) in [6.07, 6.45) is 5.25. The zero-order valence-electron chi connectivity index (χ0n) is 20.7. The van der Waals surface area contributed by atoms with Crippen LogP contribution in [0, 0.1) is 11.3 Å². The van der Waals surface area contributed by atoms with E-state index in [-0.39, 0.29) is 11.9 Å². The molecule has 35 heavy (non-hydrogen) atoms. The molecular weight excluding hydrogens is 446 g/mol. The number of fused-ring (bicyclic) bond motifs is 1. The lowest BCUT2D eigenvalue weighted by atomic mass is 10.1. The van der Waals surface area contributed by atoms with E-state index in [0.29, 0.717) is 31.0 Å². The van der Waals surface area contributed by atoms with Crippen LogP contribution < -0.4 is 16.0 Å². The average molecular weight is 478 g/mol. The lowest BCUT2D eigenvalue weighted by Gasteiger charge is -2.23. The van der Waals surface area contributed by atoms with Crippen molar-refractivity contribution < 1.29 is 14.3 Å². The van der Waals surface area contributed by atoms with Gasteiger partial charge in [-0.25, -0.2) is 9.97 Å². The van der Waals surface area contributed by atoms with E-state index < -0.39 is 11.6 Å². The van der Waals surface area contributed by atoms with Crippen molar-refractivity contribution in [2.45, 2.75) is 52.8 Å². The first-order valence-electron chi connectivity index (χ1n) is 11.4. The van der Waals surface area contributed by atoms with Crippen molar-refractivity contribution in [1.82, 2.24) is 25.2 Å². The molecule has 0 atom stereocenters. The monoisotopic (exact) mass is 477 g/mol. The molecule has 0 unspecified atom stereocenters. The highest BCUT2D eigenvalue weighted by atomic mass is 16.6. The summed E-state index contributed by atoms with van der Waals surface area (Å²) in [5, 5.41) is 19.5. The smallest absolute Gasteiger partial charge is 0.303 e. The topological polar surface area (TPSA) is 134 Å². The molecule has 1 amide bonds. The maximum Gasteiger partial charge on any atom is 0.303 e. The number of carbonyl (C=O) groups is 2. The van der Waals surface area contributed by atoms with Gasteiger partial charge < -0.3 is 20.7 Å². The fourth-order valence-electron chi connectivity index (χ4n) is 3.57. The lowest BCUT2D eigenvalue weighted by molar-refractivity contribution is -0.162. The number of carbonyl (C=O) groups excluding carboxylic acids is 2. The van der Waals surface area contributed by atoms with Gasteiger partial charge in [0, 0.05) is 73.9 Å². The number of esters is 1. The summed E-state index contributed by atoms with van der Waals surface area (Å²) < 4.78 is 6.94. The van der Waals surface area contributed by atoms with Gasteiger partial charge in [0.1, 0.15) is 17.5 Å². The number of nitriles is 1. The average Bonchev–Trinajstić information content (AvgIpc) is 3.21. The molecule has 3 N–H and O–H groups in total. The van der Waals surface area contributed by atoms with Gasteiger partial charge >= 0.3 is 5.97 Å². The molecule has 3 aromatic rings. The molecule has 3 heterocycles. The van der Waals surface area contributed by atoms with Crippen molar-refractivity contribution in [1.29, 1.82) is 5.26 Å². The Hall–Kier alpha value is -3.97. The van der Waals surface area contributed by atoms with E-state index in [1.54, 1.807) is 26.1 Å². The maximum atomic E-state index is 12.2. The van der Waals surface area contributed by atoms with Crippen LogP contribution in [-0.2, 0) is 20.9 Å². The van der Waals surface area contributed by atoms with E-state index in [1.165, 1.54) is 6.92 Å². The molecule has 0 spiro atoms. The van der Waals surface area contributed by atoms with Crippen molar-refractivity contribution in [2.75, 3.05) is 18.4 Å². The fraction of sp³-hybridized carbons (Fsp3) is 0.400. The zero-order chi connectivity index (χ0) is 25.6. The van der Waals surface area contributed by atoms with Gasteiger partial charge in [0.05, 0.1) is 5.56 Å². The van der Waals surface area contributed by atoms with E-state index in [2.05, 4.69) is 45.8 Å². The molecule has 0 aromatic carbocycles. The second-order valence-corrected chi connectivity index (χ2v) is 8.97. The zero-order valence-corrected chi connectivity index (χ0v) is 20.7. The van der Waals surface area contributed by atoms with Gasteiger partial charge in [-0.3, -0.25) is 14.2 Å². The molecule has 0 aliphatic heterocycles. The van der Waals surface area contributed by atoms with Crippen molar-refractivity contribution in [3.63, 3.8) is 0 Å². The third kappa shape index (κ3) is 6.55. The second-order valence-electron chi connectivity index (χ2n) is 8.97. The Morgan fingerprint density at radius 1 is 1.20 bits per heavy atom. The molecule has 0 aliphatic carbocycles. The highest BCUT2D eigenvalue weighted by Crippen LogP contribution is 2.23. The van der Waals surface area contributed by atoms with E-state index in [0.717, 1.165) is 22.3 Å².